The third-order valence-electron chi connectivity index (χ3n) is 8.30. The van der Waals surface area contributed by atoms with E-state index in [1.165, 1.54) is 11.4 Å². The monoisotopic (exact) mass is 567 g/mol. The molecule has 37 heavy (non-hydrogen) atoms. The SMILES string of the molecule is COC(=O)CN([C@H]1C[C@@]12CCCN(C1CCN(C(C)C)CC1)C2=O)S(=O)(=O)c1cc2ccc(Cl)cc2s1. The summed E-state index contributed by atoms with van der Waals surface area (Å²) in [7, 11) is -2.80. The third-order valence-corrected chi connectivity index (χ3v) is 11.9. The molecule has 2 saturated heterocycles. The Bertz CT molecular complexity index is 1300. The molecule has 2 aromatic rings. The van der Waals surface area contributed by atoms with Gasteiger partial charge in [-0.2, -0.15) is 4.31 Å². The summed E-state index contributed by atoms with van der Waals surface area (Å²) in [5.41, 5.74) is -0.769. The van der Waals surface area contributed by atoms with Gasteiger partial charge in [-0.1, -0.05) is 17.7 Å². The molecule has 1 spiro atoms. The molecule has 3 aliphatic rings. The number of piperidine rings is 2. The van der Waals surface area contributed by atoms with Crippen molar-refractivity contribution in [3.05, 3.63) is 29.3 Å². The van der Waals surface area contributed by atoms with Crippen LogP contribution in [0.5, 0.6) is 0 Å². The largest absolute Gasteiger partial charge is 0.468 e. The molecule has 3 heterocycles. The molecule has 0 bridgehead atoms. The van der Waals surface area contributed by atoms with Crippen LogP contribution in [-0.2, 0) is 24.3 Å². The number of halogens is 1. The van der Waals surface area contributed by atoms with Gasteiger partial charge < -0.3 is 14.5 Å². The molecule has 3 fully saturated rings. The minimum atomic E-state index is -4.05. The number of benzene rings is 1. The van der Waals surface area contributed by atoms with Crippen molar-refractivity contribution >= 4 is 54.9 Å². The fourth-order valence-electron chi connectivity index (χ4n) is 6.06. The lowest BCUT2D eigenvalue weighted by atomic mass is 9.89. The lowest BCUT2D eigenvalue weighted by Crippen LogP contribution is -2.54. The highest BCUT2D eigenvalue weighted by atomic mass is 35.5. The van der Waals surface area contributed by atoms with Gasteiger partial charge in [0.1, 0.15) is 10.8 Å². The molecule has 8 nitrogen and oxygen atoms in total. The highest BCUT2D eigenvalue weighted by Crippen LogP contribution is 2.57. The number of likely N-dealkylation sites (tertiary alicyclic amines) is 2. The number of methoxy groups -OCH3 is 1. The number of carbonyl (C=O) groups excluding carboxylic acids is 2. The Labute approximate surface area is 227 Å². The minimum Gasteiger partial charge on any atom is -0.468 e. The topological polar surface area (TPSA) is 87.2 Å². The van der Waals surface area contributed by atoms with Crippen molar-refractivity contribution in [2.45, 2.75) is 68.3 Å². The summed E-state index contributed by atoms with van der Waals surface area (Å²) in [6.07, 6.45) is 3.76. The van der Waals surface area contributed by atoms with E-state index >= 15 is 0 Å². The first-order valence-electron chi connectivity index (χ1n) is 12.9. The number of amides is 1. The van der Waals surface area contributed by atoms with E-state index in [1.54, 1.807) is 24.3 Å². The first kappa shape index (κ1) is 26.9. The van der Waals surface area contributed by atoms with E-state index in [1.807, 2.05) is 4.90 Å². The number of fused-ring (bicyclic) bond motifs is 1. The van der Waals surface area contributed by atoms with Crippen LogP contribution in [0.2, 0.25) is 5.02 Å². The second-order valence-electron chi connectivity index (χ2n) is 10.7. The van der Waals surface area contributed by atoms with Gasteiger partial charge in [0.2, 0.25) is 5.91 Å². The van der Waals surface area contributed by atoms with Gasteiger partial charge in [0.15, 0.2) is 0 Å². The summed E-state index contributed by atoms with van der Waals surface area (Å²) in [5.74, 6) is -0.601. The zero-order chi connectivity index (χ0) is 26.5. The highest BCUT2D eigenvalue weighted by Gasteiger charge is 2.67. The first-order chi connectivity index (χ1) is 17.6. The summed E-state index contributed by atoms with van der Waals surface area (Å²) < 4.78 is 34.8. The van der Waals surface area contributed by atoms with Crippen LogP contribution in [0.15, 0.2) is 28.5 Å². The maximum Gasteiger partial charge on any atom is 0.321 e. The van der Waals surface area contributed by atoms with Gasteiger partial charge in [0.25, 0.3) is 10.0 Å². The number of thiophene rings is 1. The Hall–Kier alpha value is -1.72. The maximum absolute atomic E-state index is 13.9. The van der Waals surface area contributed by atoms with Crippen molar-refractivity contribution in [3.63, 3.8) is 0 Å². The molecule has 1 aromatic heterocycles. The summed E-state index contributed by atoms with van der Waals surface area (Å²) in [4.78, 5) is 30.7. The third kappa shape index (κ3) is 4.91. The van der Waals surface area contributed by atoms with Gasteiger partial charge in [-0.15, -0.1) is 11.3 Å². The van der Waals surface area contributed by atoms with E-state index in [2.05, 4.69) is 18.7 Å². The van der Waals surface area contributed by atoms with Crippen LogP contribution in [0.3, 0.4) is 0 Å². The van der Waals surface area contributed by atoms with Gasteiger partial charge >= 0.3 is 5.97 Å². The molecular weight excluding hydrogens is 534 g/mol. The molecular formula is C26H34ClN3O5S2. The van der Waals surface area contributed by atoms with Crippen LogP contribution in [0.1, 0.15) is 46.0 Å². The fourth-order valence-corrected chi connectivity index (χ4v) is 9.50. The molecule has 11 heteroatoms. The Morgan fingerprint density at radius 3 is 2.65 bits per heavy atom. The minimum absolute atomic E-state index is 0.0416. The van der Waals surface area contributed by atoms with Gasteiger partial charge in [-0.3, -0.25) is 9.59 Å². The van der Waals surface area contributed by atoms with Gasteiger partial charge in [-0.25, -0.2) is 8.42 Å². The molecule has 2 atom stereocenters. The summed E-state index contributed by atoms with van der Waals surface area (Å²) >= 11 is 7.23. The standard InChI is InChI=1S/C26H34ClN3O5S2/c1-17(2)28-11-7-20(8-12-28)29-10-4-9-26(25(29)32)15-22(26)30(16-23(31)35-3)37(33,34)24-13-18-5-6-19(27)14-21(18)36-24/h5-6,13-14,17,20,22H,4,7-12,15-16H2,1-3H3/t22-,26-/m0/s1. The van der Waals surface area contributed by atoms with Crippen LogP contribution in [0.4, 0.5) is 0 Å². The van der Waals surface area contributed by atoms with Gasteiger partial charge in [-0.05, 0) is 69.5 Å². The fraction of sp³-hybridized carbons (Fsp3) is 0.615. The maximum atomic E-state index is 13.9. The van der Waals surface area contributed by atoms with E-state index < -0.39 is 34.0 Å². The van der Waals surface area contributed by atoms with E-state index in [0.29, 0.717) is 30.5 Å². The number of ether oxygens (including phenoxy) is 1. The quantitative estimate of drug-likeness (QED) is 0.471. The first-order valence-corrected chi connectivity index (χ1v) is 15.5. The van der Waals surface area contributed by atoms with Crippen molar-refractivity contribution in [2.75, 3.05) is 33.3 Å². The molecule has 0 N–H and O–H groups in total. The number of hydrogen-bond acceptors (Lipinski definition) is 7. The number of rotatable bonds is 7. The Morgan fingerprint density at radius 1 is 1.24 bits per heavy atom. The molecule has 5 rings (SSSR count). The van der Waals surface area contributed by atoms with Crippen molar-refractivity contribution in [1.82, 2.24) is 14.1 Å². The Morgan fingerprint density at radius 2 is 1.97 bits per heavy atom. The van der Waals surface area contributed by atoms with E-state index in [0.717, 1.165) is 53.8 Å². The summed E-state index contributed by atoms with van der Waals surface area (Å²) in [5, 5.41) is 1.29. The molecule has 202 valence electrons. The Kier molecular flexibility index (Phi) is 7.34. The molecule has 0 unspecified atom stereocenters. The number of carbonyl (C=O) groups is 2. The zero-order valence-electron chi connectivity index (χ0n) is 21.5. The molecule has 2 aliphatic heterocycles. The molecule has 1 amide bonds. The van der Waals surface area contributed by atoms with Crippen LogP contribution in [0, 0.1) is 5.41 Å². The number of hydrogen-bond donors (Lipinski definition) is 0. The lowest BCUT2D eigenvalue weighted by Gasteiger charge is -2.44. The molecule has 1 aliphatic carbocycles. The normalized spacial score (nSPS) is 25.5. The van der Waals surface area contributed by atoms with Crippen molar-refractivity contribution in [3.8, 4) is 0 Å². The van der Waals surface area contributed by atoms with Crippen LogP contribution >= 0.6 is 22.9 Å². The van der Waals surface area contributed by atoms with E-state index in [9.17, 15) is 18.0 Å². The van der Waals surface area contributed by atoms with Crippen molar-refractivity contribution < 1.29 is 22.7 Å². The second kappa shape index (κ2) is 10.1. The molecule has 1 saturated carbocycles. The highest BCUT2D eigenvalue weighted by molar-refractivity contribution is 7.91. The second-order valence-corrected chi connectivity index (χ2v) is 14.4. The smallest absolute Gasteiger partial charge is 0.321 e. The predicted molar refractivity (Wildman–Crippen MR) is 144 cm³/mol. The van der Waals surface area contributed by atoms with E-state index in [4.69, 9.17) is 16.3 Å². The van der Waals surface area contributed by atoms with Gasteiger partial charge in [0, 0.05) is 47.5 Å². The number of sulfonamides is 1. The lowest BCUT2D eigenvalue weighted by molar-refractivity contribution is -0.146. The number of nitrogens with zero attached hydrogens (tertiary/aromatic N) is 3. The molecule has 0 radical (unpaired) electrons. The zero-order valence-corrected chi connectivity index (χ0v) is 23.9. The Balaban J connectivity index is 1.41. The van der Waals surface area contributed by atoms with Crippen molar-refractivity contribution in [2.24, 2.45) is 5.41 Å². The predicted octanol–water partition coefficient (Wildman–Crippen LogP) is 3.97. The van der Waals surface area contributed by atoms with Crippen LogP contribution < -0.4 is 0 Å². The van der Waals surface area contributed by atoms with Crippen molar-refractivity contribution in [1.29, 1.82) is 0 Å². The van der Waals surface area contributed by atoms with E-state index in [-0.39, 0.29) is 16.2 Å². The summed E-state index contributed by atoms with van der Waals surface area (Å²) in [6.45, 7) is 6.60. The summed E-state index contributed by atoms with van der Waals surface area (Å²) in [6, 6.07) is 6.95. The molecule has 1 aromatic carbocycles. The average molecular weight is 568 g/mol. The van der Waals surface area contributed by atoms with Gasteiger partial charge in [0.05, 0.1) is 12.5 Å². The number of esters is 1. The van der Waals surface area contributed by atoms with Crippen LogP contribution in [-0.4, -0.2) is 85.8 Å². The average Bonchev–Trinajstić information content (AvgIpc) is 3.41. The van der Waals surface area contributed by atoms with Crippen LogP contribution in [0.25, 0.3) is 10.1 Å².